The van der Waals surface area contributed by atoms with E-state index in [0.29, 0.717) is 6.04 Å². The number of benzene rings is 1. The van der Waals surface area contributed by atoms with E-state index in [0.717, 1.165) is 43.7 Å². The third-order valence-corrected chi connectivity index (χ3v) is 5.22. The van der Waals surface area contributed by atoms with Crippen LogP contribution in [0.3, 0.4) is 0 Å². The van der Waals surface area contributed by atoms with Gasteiger partial charge in [0.1, 0.15) is 5.82 Å². The summed E-state index contributed by atoms with van der Waals surface area (Å²) < 4.78 is 0. The Balaban J connectivity index is 1.70. The number of nitrogens with zero attached hydrogens (tertiary/aromatic N) is 3. The van der Waals surface area contributed by atoms with E-state index in [4.69, 9.17) is 0 Å². The van der Waals surface area contributed by atoms with Gasteiger partial charge in [0.25, 0.3) is 5.91 Å². The molecule has 0 aliphatic carbocycles. The highest BCUT2D eigenvalue weighted by atomic mass is 16.2. The molecular formula is C20H23N3O. The molecule has 0 spiro atoms. The molecule has 3 heterocycles. The van der Waals surface area contributed by atoms with Crippen LogP contribution in [0.15, 0.2) is 42.6 Å². The molecule has 0 N–H and O–H groups in total. The van der Waals surface area contributed by atoms with Crippen molar-refractivity contribution in [3.05, 3.63) is 53.7 Å². The van der Waals surface area contributed by atoms with Crippen LogP contribution in [0.5, 0.6) is 0 Å². The van der Waals surface area contributed by atoms with Crippen molar-refractivity contribution in [2.24, 2.45) is 0 Å². The fourth-order valence-electron chi connectivity index (χ4n) is 3.89. The van der Waals surface area contributed by atoms with Gasteiger partial charge in [-0.3, -0.25) is 4.79 Å². The molecule has 124 valence electrons. The highest BCUT2D eigenvalue weighted by Gasteiger charge is 2.29. The Morgan fingerprint density at radius 2 is 2.00 bits per heavy atom. The Kier molecular flexibility index (Phi) is 3.97. The molecule has 1 aromatic carbocycles. The van der Waals surface area contributed by atoms with Gasteiger partial charge in [-0.25, -0.2) is 4.98 Å². The molecule has 1 saturated heterocycles. The Bertz CT molecular complexity index is 758. The minimum atomic E-state index is 0.120. The molecule has 24 heavy (non-hydrogen) atoms. The minimum Gasteiger partial charge on any atom is -0.336 e. The number of carbonyl (C=O) groups is 1. The number of pyridine rings is 1. The summed E-state index contributed by atoms with van der Waals surface area (Å²) in [6.07, 6.45) is 6.18. The fourth-order valence-corrected chi connectivity index (χ4v) is 3.89. The first-order valence-corrected chi connectivity index (χ1v) is 8.87. The number of likely N-dealkylation sites (tertiary alicyclic amines) is 1. The quantitative estimate of drug-likeness (QED) is 0.844. The second kappa shape index (κ2) is 6.27. The molecular weight excluding hydrogens is 298 g/mol. The number of para-hydroxylation sites is 1. The smallest absolute Gasteiger partial charge is 0.257 e. The van der Waals surface area contributed by atoms with Gasteiger partial charge >= 0.3 is 0 Å². The van der Waals surface area contributed by atoms with Gasteiger partial charge in [0.2, 0.25) is 0 Å². The molecule has 1 fully saturated rings. The molecule has 1 amide bonds. The average molecular weight is 321 g/mol. The lowest BCUT2D eigenvalue weighted by molar-refractivity contribution is 0.0636. The largest absolute Gasteiger partial charge is 0.336 e. The molecule has 1 atom stereocenters. The summed E-state index contributed by atoms with van der Waals surface area (Å²) in [5, 5.41) is 0. The van der Waals surface area contributed by atoms with Crippen LogP contribution in [0, 0.1) is 0 Å². The van der Waals surface area contributed by atoms with Gasteiger partial charge in [-0.05, 0) is 56.4 Å². The van der Waals surface area contributed by atoms with Crippen molar-refractivity contribution in [1.29, 1.82) is 0 Å². The fraction of sp³-hybridized carbons (Fsp3) is 0.400. The van der Waals surface area contributed by atoms with Crippen LogP contribution in [0.4, 0.5) is 11.5 Å². The van der Waals surface area contributed by atoms with E-state index < -0.39 is 0 Å². The van der Waals surface area contributed by atoms with Crippen LogP contribution in [-0.2, 0) is 6.42 Å². The van der Waals surface area contributed by atoms with Crippen LogP contribution in [0.25, 0.3) is 0 Å². The van der Waals surface area contributed by atoms with Crippen molar-refractivity contribution >= 4 is 17.4 Å². The van der Waals surface area contributed by atoms with Gasteiger partial charge in [0, 0.05) is 31.0 Å². The lowest BCUT2D eigenvalue weighted by Crippen LogP contribution is -2.42. The van der Waals surface area contributed by atoms with Crippen molar-refractivity contribution in [2.75, 3.05) is 18.0 Å². The summed E-state index contributed by atoms with van der Waals surface area (Å²) in [5.74, 6) is 0.917. The highest BCUT2D eigenvalue weighted by Crippen LogP contribution is 2.35. The van der Waals surface area contributed by atoms with E-state index in [1.807, 2.05) is 23.1 Å². The SMILES string of the molecule is CC1CCCCN1C(=O)c1cccnc1N1CCc2ccccc21. The molecule has 1 unspecified atom stereocenters. The first-order valence-electron chi connectivity index (χ1n) is 8.87. The number of rotatable bonds is 2. The summed E-state index contributed by atoms with van der Waals surface area (Å²) in [4.78, 5) is 21.9. The first-order chi connectivity index (χ1) is 11.8. The third-order valence-electron chi connectivity index (χ3n) is 5.22. The maximum atomic E-state index is 13.2. The molecule has 2 aromatic rings. The van der Waals surface area contributed by atoms with Gasteiger partial charge in [-0.2, -0.15) is 0 Å². The molecule has 4 rings (SSSR count). The van der Waals surface area contributed by atoms with Gasteiger partial charge in [0.15, 0.2) is 0 Å². The lowest BCUT2D eigenvalue weighted by atomic mass is 10.0. The van der Waals surface area contributed by atoms with Crippen molar-refractivity contribution in [3.63, 3.8) is 0 Å². The van der Waals surface area contributed by atoms with Gasteiger partial charge in [-0.15, -0.1) is 0 Å². The average Bonchev–Trinajstić information content (AvgIpc) is 3.05. The monoisotopic (exact) mass is 321 g/mol. The van der Waals surface area contributed by atoms with Gasteiger partial charge in [-0.1, -0.05) is 18.2 Å². The molecule has 0 radical (unpaired) electrons. The standard InChI is InChI=1S/C20H23N3O/c1-15-7-4-5-13-22(15)20(24)17-9-6-12-21-19(17)23-14-11-16-8-2-3-10-18(16)23/h2-3,6,8-10,12,15H,4-5,7,11,13-14H2,1H3. The Labute approximate surface area is 143 Å². The number of fused-ring (bicyclic) bond motifs is 1. The number of aromatic nitrogens is 1. The Morgan fingerprint density at radius 3 is 2.88 bits per heavy atom. The summed E-state index contributed by atoms with van der Waals surface area (Å²) in [6, 6.07) is 12.5. The predicted molar refractivity (Wildman–Crippen MR) is 95.7 cm³/mol. The molecule has 4 nitrogen and oxygen atoms in total. The van der Waals surface area contributed by atoms with Gasteiger partial charge < -0.3 is 9.80 Å². The van der Waals surface area contributed by atoms with Crippen molar-refractivity contribution in [2.45, 2.75) is 38.6 Å². The number of hydrogen-bond acceptors (Lipinski definition) is 3. The summed E-state index contributed by atoms with van der Waals surface area (Å²) in [5.41, 5.74) is 3.23. The van der Waals surface area contributed by atoms with E-state index >= 15 is 0 Å². The van der Waals surface area contributed by atoms with Crippen molar-refractivity contribution in [1.82, 2.24) is 9.88 Å². The third kappa shape index (κ3) is 2.56. The van der Waals surface area contributed by atoms with Crippen LogP contribution in [0.1, 0.15) is 42.1 Å². The summed E-state index contributed by atoms with van der Waals surface area (Å²) >= 11 is 0. The molecule has 4 heteroatoms. The zero-order valence-electron chi connectivity index (χ0n) is 14.1. The number of carbonyl (C=O) groups excluding carboxylic acids is 1. The predicted octanol–water partition coefficient (Wildman–Crippen LogP) is 3.79. The molecule has 2 aliphatic heterocycles. The van der Waals surface area contributed by atoms with Gasteiger partial charge in [0.05, 0.1) is 5.56 Å². The number of piperidine rings is 1. The molecule has 1 aromatic heterocycles. The van der Waals surface area contributed by atoms with E-state index in [9.17, 15) is 4.79 Å². The van der Waals surface area contributed by atoms with Crippen LogP contribution in [0.2, 0.25) is 0 Å². The molecule has 2 aliphatic rings. The summed E-state index contributed by atoms with van der Waals surface area (Å²) in [6.45, 7) is 3.88. The maximum absolute atomic E-state index is 13.2. The van der Waals surface area contributed by atoms with E-state index in [2.05, 4.69) is 35.0 Å². The molecule has 0 saturated carbocycles. The minimum absolute atomic E-state index is 0.120. The van der Waals surface area contributed by atoms with Crippen LogP contribution in [-0.4, -0.2) is 34.9 Å². The van der Waals surface area contributed by atoms with E-state index in [1.165, 1.54) is 17.7 Å². The van der Waals surface area contributed by atoms with E-state index in [-0.39, 0.29) is 5.91 Å². The zero-order valence-corrected chi connectivity index (χ0v) is 14.1. The first kappa shape index (κ1) is 15.2. The summed E-state index contributed by atoms with van der Waals surface area (Å²) in [7, 11) is 0. The zero-order chi connectivity index (χ0) is 16.5. The maximum Gasteiger partial charge on any atom is 0.257 e. The lowest BCUT2D eigenvalue weighted by Gasteiger charge is -2.34. The highest BCUT2D eigenvalue weighted by molar-refractivity contribution is 6.00. The second-order valence-electron chi connectivity index (χ2n) is 6.75. The van der Waals surface area contributed by atoms with Crippen molar-refractivity contribution in [3.8, 4) is 0 Å². The number of hydrogen-bond donors (Lipinski definition) is 0. The van der Waals surface area contributed by atoms with Crippen LogP contribution < -0.4 is 4.90 Å². The normalized spacial score (nSPS) is 20.1. The van der Waals surface area contributed by atoms with Crippen molar-refractivity contribution < 1.29 is 4.79 Å². The molecule has 0 bridgehead atoms. The second-order valence-corrected chi connectivity index (χ2v) is 6.75. The van der Waals surface area contributed by atoms with E-state index in [1.54, 1.807) is 6.20 Å². The Morgan fingerprint density at radius 1 is 1.12 bits per heavy atom. The Hall–Kier alpha value is -2.36. The topological polar surface area (TPSA) is 36.4 Å². The van der Waals surface area contributed by atoms with Crippen LogP contribution >= 0.6 is 0 Å². The number of anilines is 2. The number of amides is 1.